The van der Waals surface area contributed by atoms with Gasteiger partial charge in [0.1, 0.15) is 25.0 Å². The van der Waals surface area contributed by atoms with Gasteiger partial charge in [0.2, 0.25) is 11.7 Å². The first kappa shape index (κ1) is 11.0. The first-order chi connectivity index (χ1) is 8.24. The highest BCUT2D eigenvalue weighted by Gasteiger charge is 2.08. The summed E-state index contributed by atoms with van der Waals surface area (Å²) in [4.78, 5) is 8.01. The number of aromatic nitrogens is 6. The minimum absolute atomic E-state index is 0.124. The Kier molecular flexibility index (Phi) is 2.99. The SMILES string of the molecule is CCn1ncnc1Cn1cnc(C(N)=NO)n1. The quantitative estimate of drug-likeness (QED) is 0.305. The third-order valence-corrected chi connectivity index (χ3v) is 2.17. The Labute approximate surface area is 96.6 Å². The van der Waals surface area contributed by atoms with Crippen LogP contribution in [0.1, 0.15) is 18.6 Å². The largest absolute Gasteiger partial charge is 0.409 e. The molecule has 0 aliphatic carbocycles. The number of rotatable bonds is 4. The predicted molar refractivity (Wildman–Crippen MR) is 57.3 cm³/mol. The fourth-order valence-electron chi connectivity index (χ4n) is 1.35. The van der Waals surface area contributed by atoms with Gasteiger partial charge in [-0.3, -0.25) is 0 Å². The molecule has 17 heavy (non-hydrogen) atoms. The van der Waals surface area contributed by atoms with Gasteiger partial charge in [0.05, 0.1) is 0 Å². The molecule has 0 bridgehead atoms. The highest BCUT2D eigenvalue weighted by atomic mass is 16.4. The van der Waals surface area contributed by atoms with Gasteiger partial charge in [0.15, 0.2) is 0 Å². The molecule has 0 aliphatic heterocycles. The van der Waals surface area contributed by atoms with Crippen LogP contribution in [0.3, 0.4) is 0 Å². The van der Waals surface area contributed by atoms with Gasteiger partial charge in [-0.05, 0) is 6.92 Å². The Morgan fingerprint density at radius 2 is 2.35 bits per heavy atom. The Bertz CT molecular complexity index is 527. The lowest BCUT2D eigenvalue weighted by Crippen LogP contribution is -2.16. The normalized spacial score (nSPS) is 11.9. The summed E-state index contributed by atoms with van der Waals surface area (Å²) in [7, 11) is 0. The maximum atomic E-state index is 8.48. The van der Waals surface area contributed by atoms with Crippen molar-refractivity contribution >= 4 is 5.84 Å². The predicted octanol–water partition coefficient (Wildman–Crippen LogP) is -0.968. The van der Waals surface area contributed by atoms with Crippen molar-refractivity contribution in [3.05, 3.63) is 24.3 Å². The molecule has 9 heteroatoms. The second-order valence-corrected chi connectivity index (χ2v) is 3.24. The maximum absolute atomic E-state index is 8.48. The zero-order chi connectivity index (χ0) is 12.3. The Balaban J connectivity index is 2.17. The van der Waals surface area contributed by atoms with Gasteiger partial charge >= 0.3 is 0 Å². The molecule has 3 N–H and O–H groups in total. The van der Waals surface area contributed by atoms with E-state index in [4.69, 9.17) is 10.9 Å². The Morgan fingerprint density at radius 3 is 3.06 bits per heavy atom. The van der Waals surface area contributed by atoms with Gasteiger partial charge in [-0.1, -0.05) is 5.16 Å². The Morgan fingerprint density at radius 1 is 1.53 bits per heavy atom. The maximum Gasteiger partial charge on any atom is 0.219 e. The number of oxime groups is 1. The molecule has 2 aromatic rings. The highest BCUT2D eigenvalue weighted by Crippen LogP contribution is 1.98. The van der Waals surface area contributed by atoms with Gasteiger partial charge < -0.3 is 10.9 Å². The van der Waals surface area contributed by atoms with E-state index >= 15 is 0 Å². The molecule has 90 valence electrons. The number of nitrogens with zero attached hydrogens (tertiary/aromatic N) is 7. The lowest BCUT2D eigenvalue weighted by Gasteiger charge is -2.01. The third kappa shape index (κ3) is 2.22. The smallest absolute Gasteiger partial charge is 0.219 e. The molecule has 2 rings (SSSR count). The van der Waals surface area contributed by atoms with Crippen LogP contribution in [0.15, 0.2) is 17.8 Å². The van der Waals surface area contributed by atoms with Crippen LogP contribution >= 0.6 is 0 Å². The molecule has 0 spiro atoms. The molecular weight excluding hydrogens is 224 g/mol. The molecular formula is C8H12N8O. The van der Waals surface area contributed by atoms with E-state index in [0.29, 0.717) is 6.54 Å². The molecule has 0 atom stereocenters. The van der Waals surface area contributed by atoms with E-state index in [2.05, 4.69) is 25.3 Å². The second kappa shape index (κ2) is 4.60. The van der Waals surface area contributed by atoms with Gasteiger partial charge in [-0.15, -0.1) is 5.10 Å². The van der Waals surface area contributed by atoms with E-state index in [0.717, 1.165) is 12.4 Å². The molecule has 0 aromatic carbocycles. The van der Waals surface area contributed by atoms with Crippen molar-refractivity contribution in [3.8, 4) is 0 Å². The molecule has 9 nitrogen and oxygen atoms in total. The molecule has 0 saturated heterocycles. The summed E-state index contributed by atoms with van der Waals surface area (Å²) in [6.07, 6.45) is 2.97. The van der Waals surface area contributed by atoms with Gasteiger partial charge in [-0.25, -0.2) is 19.3 Å². The van der Waals surface area contributed by atoms with E-state index < -0.39 is 0 Å². The van der Waals surface area contributed by atoms with Crippen LogP contribution in [-0.2, 0) is 13.1 Å². The summed E-state index contributed by atoms with van der Waals surface area (Å²) in [6, 6.07) is 0. The summed E-state index contributed by atoms with van der Waals surface area (Å²) in [6.45, 7) is 3.14. The van der Waals surface area contributed by atoms with E-state index in [1.807, 2.05) is 6.92 Å². The second-order valence-electron chi connectivity index (χ2n) is 3.24. The molecule has 0 saturated carbocycles. The summed E-state index contributed by atoms with van der Waals surface area (Å²) >= 11 is 0. The van der Waals surface area contributed by atoms with E-state index in [-0.39, 0.29) is 11.7 Å². The molecule has 2 heterocycles. The van der Waals surface area contributed by atoms with Crippen LogP contribution in [0, 0.1) is 0 Å². The fraction of sp³-hybridized carbons (Fsp3) is 0.375. The van der Waals surface area contributed by atoms with Crippen molar-refractivity contribution in [2.24, 2.45) is 10.9 Å². The summed E-state index contributed by atoms with van der Waals surface area (Å²) < 4.78 is 3.30. The molecule has 0 unspecified atom stereocenters. The standard InChI is InChI=1S/C8H12N8O/c1-2-16-6(10-4-12-16)3-15-5-11-8(13-15)7(9)14-17/h4-5,17H,2-3H2,1H3,(H2,9,14). The summed E-state index contributed by atoms with van der Waals surface area (Å²) in [5, 5.41) is 19.4. The number of hydrogen-bond donors (Lipinski definition) is 2. The van der Waals surface area contributed by atoms with Gasteiger partial charge in [0, 0.05) is 6.54 Å². The van der Waals surface area contributed by atoms with Crippen LogP contribution in [0.5, 0.6) is 0 Å². The average molecular weight is 236 g/mol. The molecule has 0 fully saturated rings. The molecule has 0 radical (unpaired) electrons. The number of nitrogens with two attached hydrogens (primary N) is 1. The molecule has 2 aromatic heterocycles. The fourth-order valence-corrected chi connectivity index (χ4v) is 1.35. The van der Waals surface area contributed by atoms with E-state index in [1.54, 1.807) is 9.36 Å². The lowest BCUT2D eigenvalue weighted by atomic mass is 10.6. The average Bonchev–Trinajstić information content (AvgIpc) is 2.97. The van der Waals surface area contributed by atoms with Crippen molar-refractivity contribution in [3.63, 3.8) is 0 Å². The lowest BCUT2D eigenvalue weighted by molar-refractivity contribution is 0.318. The van der Waals surface area contributed by atoms with Crippen LogP contribution in [0.25, 0.3) is 0 Å². The van der Waals surface area contributed by atoms with Gasteiger partial charge in [-0.2, -0.15) is 5.10 Å². The van der Waals surface area contributed by atoms with Crippen molar-refractivity contribution in [2.75, 3.05) is 0 Å². The van der Waals surface area contributed by atoms with Crippen molar-refractivity contribution < 1.29 is 5.21 Å². The summed E-state index contributed by atoms with van der Waals surface area (Å²) in [5.41, 5.74) is 5.37. The van der Waals surface area contributed by atoms with Crippen LogP contribution in [0.4, 0.5) is 0 Å². The van der Waals surface area contributed by atoms with E-state index in [9.17, 15) is 0 Å². The first-order valence-electron chi connectivity index (χ1n) is 4.98. The van der Waals surface area contributed by atoms with Crippen LogP contribution in [0.2, 0.25) is 0 Å². The minimum Gasteiger partial charge on any atom is -0.409 e. The number of aryl methyl sites for hydroxylation is 1. The van der Waals surface area contributed by atoms with Crippen LogP contribution in [-0.4, -0.2) is 40.6 Å². The Hall–Kier alpha value is -2.45. The molecule has 0 amide bonds. The van der Waals surface area contributed by atoms with E-state index in [1.165, 1.54) is 12.7 Å². The van der Waals surface area contributed by atoms with Crippen molar-refractivity contribution in [2.45, 2.75) is 20.0 Å². The zero-order valence-corrected chi connectivity index (χ0v) is 9.22. The van der Waals surface area contributed by atoms with Crippen molar-refractivity contribution in [1.29, 1.82) is 0 Å². The summed E-state index contributed by atoms with van der Waals surface area (Å²) in [5.74, 6) is 0.819. The number of hydrogen-bond acceptors (Lipinski definition) is 6. The third-order valence-electron chi connectivity index (χ3n) is 2.17. The minimum atomic E-state index is -0.124. The highest BCUT2D eigenvalue weighted by molar-refractivity contribution is 5.93. The zero-order valence-electron chi connectivity index (χ0n) is 9.22. The monoisotopic (exact) mass is 236 g/mol. The van der Waals surface area contributed by atoms with Crippen molar-refractivity contribution in [1.82, 2.24) is 29.5 Å². The first-order valence-corrected chi connectivity index (χ1v) is 4.98. The van der Waals surface area contributed by atoms with Gasteiger partial charge in [0.25, 0.3) is 0 Å². The van der Waals surface area contributed by atoms with Crippen LogP contribution < -0.4 is 5.73 Å². The topological polar surface area (TPSA) is 120 Å². The number of amidine groups is 1. The molecule has 0 aliphatic rings.